The molecule has 5 nitrogen and oxygen atoms in total. The number of nitrogens with one attached hydrogen (secondary N) is 1. The first kappa shape index (κ1) is 13.7. The van der Waals surface area contributed by atoms with Gasteiger partial charge in [-0.1, -0.05) is 24.0 Å². The molecular weight excluding hydrogens is 278 g/mol. The summed E-state index contributed by atoms with van der Waals surface area (Å²) in [5.41, 5.74) is 2.63. The number of carbonyl (C=O) groups is 1. The Kier molecular flexibility index (Phi) is 3.72. The lowest BCUT2D eigenvalue weighted by atomic mass is 10.0. The monoisotopic (exact) mass is 289 g/mol. The lowest BCUT2D eigenvalue weighted by molar-refractivity contribution is 0.177. The Morgan fingerprint density at radius 2 is 2.18 bits per heavy atom. The van der Waals surface area contributed by atoms with E-state index in [1.54, 1.807) is 18.3 Å². The zero-order valence-electron chi connectivity index (χ0n) is 11.5. The Morgan fingerprint density at radius 3 is 2.95 bits per heavy atom. The minimum atomic E-state index is -0.407. The van der Waals surface area contributed by atoms with Crippen LogP contribution >= 0.6 is 0 Å². The summed E-state index contributed by atoms with van der Waals surface area (Å²) in [6.07, 6.45) is 1.16. The molecule has 0 bridgehead atoms. The molecule has 0 unspecified atom stereocenters. The molecule has 1 fully saturated rings. The van der Waals surface area contributed by atoms with E-state index in [0.29, 0.717) is 17.9 Å². The fourth-order valence-electron chi connectivity index (χ4n) is 2.13. The van der Waals surface area contributed by atoms with Crippen molar-refractivity contribution in [2.75, 3.05) is 6.61 Å². The molecule has 2 aromatic rings. The second-order valence-corrected chi connectivity index (χ2v) is 4.68. The van der Waals surface area contributed by atoms with E-state index < -0.39 is 6.09 Å². The lowest BCUT2D eigenvalue weighted by Gasteiger charge is -2.07. The predicted molar refractivity (Wildman–Crippen MR) is 78.6 cm³/mol. The molecule has 1 aliphatic heterocycles. The van der Waals surface area contributed by atoms with Crippen molar-refractivity contribution in [1.82, 2.24) is 10.3 Å². The molecule has 1 aliphatic rings. The molecule has 1 saturated heterocycles. The average Bonchev–Trinajstić information content (AvgIpc) is 3.00. The number of carbonyl (C=O) groups excluding carboxylic acids is 1. The van der Waals surface area contributed by atoms with Crippen molar-refractivity contribution in [3.8, 4) is 17.9 Å². The summed E-state index contributed by atoms with van der Waals surface area (Å²) in [4.78, 5) is 15.1. The summed E-state index contributed by atoms with van der Waals surface area (Å²) in [5.74, 6) is 5.97. The second-order valence-electron chi connectivity index (χ2n) is 4.68. The van der Waals surface area contributed by atoms with Crippen molar-refractivity contribution in [2.24, 2.45) is 0 Å². The number of rotatable bonds is 1. The minimum absolute atomic E-state index is 0.151. The number of nitriles is 1. The topological polar surface area (TPSA) is 75.0 Å². The fourth-order valence-corrected chi connectivity index (χ4v) is 2.13. The molecule has 5 heteroatoms. The summed E-state index contributed by atoms with van der Waals surface area (Å²) in [6.45, 7) is 0.316. The normalized spacial score (nSPS) is 16.0. The molecule has 1 aromatic carbocycles. The maximum absolute atomic E-state index is 11.1. The van der Waals surface area contributed by atoms with Crippen LogP contribution in [0.2, 0.25) is 0 Å². The van der Waals surface area contributed by atoms with Crippen molar-refractivity contribution in [1.29, 1.82) is 5.26 Å². The highest BCUT2D eigenvalue weighted by Gasteiger charge is 2.23. The van der Waals surface area contributed by atoms with E-state index in [0.717, 1.165) is 11.1 Å². The van der Waals surface area contributed by atoms with Crippen LogP contribution in [0.3, 0.4) is 0 Å². The van der Waals surface area contributed by atoms with Crippen LogP contribution in [0, 0.1) is 23.2 Å². The highest BCUT2D eigenvalue weighted by Crippen LogP contribution is 2.18. The van der Waals surface area contributed by atoms with Crippen molar-refractivity contribution in [2.45, 2.75) is 6.04 Å². The van der Waals surface area contributed by atoms with Crippen LogP contribution < -0.4 is 5.32 Å². The third-order valence-corrected chi connectivity index (χ3v) is 3.22. The maximum atomic E-state index is 11.1. The molecule has 2 heterocycles. The van der Waals surface area contributed by atoms with Crippen LogP contribution in [-0.4, -0.2) is 17.7 Å². The number of amides is 1. The van der Waals surface area contributed by atoms with E-state index in [1.807, 2.05) is 30.3 Å². The second kappa shape index (κ2) is 5.99. The summed E-state index contributed by atoms with van der Waals surface area (Å²) < 4.78 is 4.89. The minimum Gasteiger partial charge on any atom is -0.447 e. The zero-order valence-corrected chi connectivity index (χ0v) is 11.5. The number of hydrogen-bond acceptors (Lipinski definition) is 4. The van der Waals surface area contributed by atoms with Crippen molar-refractivity contribution in [3.05, 3.63) is 65.0 Å². The van der Waals surface area contributed by atoms with Gasteiger partial charge in [-0.2, -0.15) is 5.26 Å². The van der Waals surface area contributed by atoms with Gasteiger partial charge in [0.1, 0.15) is 12.7 Å². The third kappa shape index (κ3) is 2.89. The van der Waals surface area contributed by atoms with E-state index >= 15 is 0 Å². The molecule has 1 aromatic heterocycles. The van der Waals surface area contributed by atoms with Crippen LogP contribution in [0.4, 0.5) is 4.79 Å². The van der Waals surface area contributed by atoms with Gasteiger partial charge in [-0.15, -0.1) is 0 Å². The average molecular weight is 289 g/mol. The van der Waals surface area contributed by atoms with E-state index in [-0.39, 0.29) is 6.04 Å². The number of ether oxygens (including phenoxy) is 1. The van der Waals surface area contributed by atoms with Gasteiger partial charge in [-0.05, 0) is 29.8 Å². The third-order valence-electron chi connectivity index (χ3n) is 3.22. The summed E-state index contributed by atoms with van der Waals surface area (Å²) in [7, 11) is 0. The smallest absolute Gasteiger partial charge is 0.407 e. The Balaban J connectivity index is 1.87. The molecule has 1 amide bonds. The highest BCUT2D eigenvalue weighted by molar-refractivity contribution is 5.70. The van der Waals surface area contributed by atoms with Crippen LogP contribution in [0.1, 0.15) is 28.4 Å². The van der Waals surface area contributed by atoms with Gasteiger partial charge in [-0.3, -0.25) is 0 Å². The number of pyridine rings is 1. The molecule has 0 saturated carbocycles. The summed E-state index contributed by atoms with van der Waals surface area (Å²) in [5, 5.41) is 11.7. The van der Waals surface area contributed by atoms with Crippen molar-refractivity contribution < 1.29 is 9.53 Å². The van der Waals surface area contributed by atoms with E-state index in [1.165, 1.54) is 0 Å². The number of alkyl carbamates (subject to hydrolysis) is 1. The number of hydrogen-bond donors (Lipinski definition) is 1. The van der Waals surface area contributed by atoms with Gasteiger partial charge < -0.3 is 10.1 Å². The van der Waals surface area contributed by atoms with Crippen molar-refractivity contribution in [3.63, 3.8) is 0 Å². The Hall–Kier alpha value is -3.31. The molecule has 3 rings (SSSR count). The number of aromatic nitrogens is 1. The molecular formula is C17H11N3O2. The molecule has 0 spiro atoms. The maximum Gasteiger partial charge on any atom is 0.407 e. The molecule has 1 N–H and O–H groups in total. The van der Waals surface area contributed by atoms with Crippen LogP contribution in [0.15, 0.2) is 42.6 Å². The SMILES string of the molecule is N#Cc1ncccc1C#Cc1cccc([C@@H]2COC(=O)N2)c1. The van der Waals surface area contributed by atoms with Gasteiger partial charge in [0.05, 0.1) is 11.6 Å². The first-order valence-electron chi connectivity index (χ1n) is 6.66. The van der Waals surface area contributed by atoms with Crippen LogP contribution in [0.5, 0.6) is 0 Å². The molecule has 1 atom stereocenters. The van der Waals surface area contributed by atoms with Gasteiger partial charge >= 0.3 is 6.09 Å². The lowest BCUT2D eigenvalue weighted by Crippen LogP contribution is -2.18. The van der Waals surface area contributed by atoms with Gasteiger partial charge in [-0.25, -0.2) is 9.78 Å². The fraction of sp³-hybridized carbons (Fsp3) is 0.118. The van der Waals surface area contributed by atoms with Gasteiger partial charge in [0, 0.05) is 11.8 Å². The number of nitrogens with zero attached hydrogens (tertiary/aromatic N) is 2. The number of benzene rings is 1. The standard InChI is InChI=1S/C17H11N3O2/c18-10-15-13(5-2-8-19-15)7-6-12-3-1-4-14(9-12)16-11-22-17(21)20-16/h1-5,8-9,16H,11H2,(H,20,21)/t16-/m0/s1. The van der Waals surface area contributed by atoms with Gasteiger partial charge in [0.25, 0.3) is 0 Å². The first-order chi connectivity index (χ1) is 10.8. The Morgan fingerprint density at radius 1 is 1.27 bits per heavy atom. The Labute approximate surface area is 127 Å². The molecule has 0 radical (unpaired) electrons. The van der Waals surface area contributed by atoms with Crippen LogP contribution in [-0.2, 0) is 4.74 Å². The van der Waals surface area contributed by atoms with Gasteiger partial charge in [0.2, 0.25) is 0 Å². The quantitative estimate of drug-likeness (QED) is 0.816. The van der Waals surface area contributed by atoms with Crippen LogP contribution in [0.25, 0.3) is 0 Å². The van der Waals surface area contributed by atoms with E-state index in [9.17, 15) is 4.79 Å². The highest BCUT2D eigenvalue weighted by atomic mass is 16.6. The predicted octanol–water partition coefficient (Wildman–Crippen LogP) is 2.13. The molecule has 106 valence electrons. The number of cyclic esters (lactones) is 1. The largest absolute Gasteiger partial charge is 0.447 e. The first-order valence-corrected chi connectivity index (χ1v) is 6.66. The van der Waals surface area contributed by atoms with Gasteiger partial charge in [0.15, 0.2) is 5.69 Å². The zero-order chi connectivity index (χ0) is 15.4. The molecule has 0 aliphatic carbocycles. The Bertz CT molecular complexity index is 828. The van der Waals surface area contributed by atoms with E-state index in [4.69, 9.17) is 10.00 Å². The molecule has 22 heavy (non-hydrogen) atoms. The van der Waals surface area contributed by atoms with Crippen molar-refractivity contribution >= 4 is 6.09 Å². The summed E-state index contributed by atoms with van der Waals surface area (Å²) >= 11 is 0. The van der Waals surface area contributed by atoms with E-state index in [2.05, 4.69) is 22.1 Å². The summed E-state index contributed by atoms with van der Waals surface area (Å²) in [6, 6.07) is 12.9.